The molecule has 0 spiro atoms. The lowest BCUT2D eigenvalue weighted by Crippen LogP contribution is -2.30. The van der Waals surface area contributed by atoms with Gasteiger partial charge in [0.25, 0.3) is 5.91 Å². The average molecular weight is 428 g/mol. The smallest absolute Gasteiger partial charge is 0.373 e. The van der Waals surface area contributed by atoms with E-state index in [1.54, 1.807) is 24.3 Å². The lowest BCUT2D eigenvalue weighted by Gasteiger charge is -2.22. The third kappa shape index (κ3) is 5.06. The van der Waals surface area contributed by atoms with Gasteiger partial charge < -0.3 is 23.9 Å². The van der Waals surface area contributed by atoms with E-state index in [1.807, 2.05) is 20.8 Å². The fraction of sp³-hybridized carbons (Fsp3) is 0.318. The van der Waals surface area contributed by atoms with Crippen molar-refractivity contribution in [3.8, 4) is 11.5 Å². The predicted octanol–water partition coefficient (Wildman–Crippen LogP) is 3.35. The van der Waals surface area contributed by atoms with Gasteiger partial charge in [0.1, 0.15) is 17.1 Å². The Morgan fingerprint density at radius 2 is 1.87 bits per heavy atom. The molecular weight excluding hydrogens is 404 g/mol. The highest BCUT2D eigenvalue weighted by Gasteiger charge is 2.34. The van der Waals surface area contributed by atoms with Crippen molar-refractivity contribution in [1.82, 2.24) is 10.2 Å². The summed E-state index contributed by atoms with van der Waals surface area (Å²) in [5.41, 5.74) is 0.355. The van der Waals surface area contributed by atoms with Gasteiger partial charge in [0.15, 0.2) is 11.5 Å². The van der Waals surface area contributed by atoms with Crippen molar-refractivity contribution >= 4 is 24.0 Å². The van der Waals surface area contributed by atoms with Crippen molar-refractivity contribution in [3.63, 3.8) is 0 Å². The minimum atomic E-state index is -0.642. The maximum Gasteiger partial charge on any atom is 0.373 e. The number of hydrogen-bond donors (Lipinski definition) is 1. The Morgan fingerprint density at radius 1 is 1.13 bits per heavy atom. The molecule has 2 heterocycles. The number of nitrogens with one attached hydrogen (secondary N) is 1. The van der Waals surface area contributed by atoms with Gasteiger partial charge in [-0.25, -0.2) is 9.59 Å². The van der Waals surface area contributed by atoms with Crippen LogP contribution in [0.1, 0.15) is 42.6 Å². The molecule has 1 aliphatic heterocycles. The van der Waals surface area contributed by atoms with Crippen LogP contribution >= 0.6 is 0 Å². The lowest BCUT2D eigenvalue weighted by molar-refractivity contribution is -0.123. The summed E-state index contributed by atoms with van der Waals surface area (Å²) in [5.74, 6) is 0.177. The van der Waals surface area contributed by atoms with Gasteiger partial charge in [-0.05, 0) is 56.7 Å². The molecule has 3 amide bonds. The molecule has 1 N–H and O–H groups in total. The fourth-order valence-corrected chi connectivity index (χ4v) is 2.90. The minimum Gasteiger partial charge on any atom is -0.493 e. The third-order valence-electron chi connectivity index (χ3n) is 4.24. The molecule has 1 aliphatic rings. The van der Waals surface area contributed by atoms with Gasteiger partial charge in [-0.15, -0.1) is 0 Å². The molecule has 0 aliphatic carbocycles. The minimum absolute atomic E-state index is 0.00928. The van der Waals surface area contributed by atoms with E-state index in [0.717, 1.165) is 4.90 Å². The van der Waals surface area contributed by atoms with E-state index in [-0.39, 0.29) is 23.8 Å². The number of nitrogens with zero attached hydrogens (tertiary/aromatic N) is 1. The molecule has 2 aromatic rings. The molecule has 0 unspecified atom stereocenters. The van der Waals surface area contributed by atoms with E-state index >= 15 is 0 Å². The van der Waals surface area contributed by atoms with Crippen molar-refractivity contribution in [2.24, 2.45) is 0 Å². The van der Waals surface area contributed by atoms with E-state index in [1.165, 1.54) is 26.4 Å². The maximum atomic E-state index is 12.7. The number of carbonyl (C=O) groups is 3. The number of urea groups is 1. The highest BCUT2D eigenvalue weighted by Crippen LogP contribution is 2.32. The fourth-order valence-electron chi connectivity index (χ4n) is 2.90. The molecule has 0 radical (unpaired) electrons. The zero-order valence-electron chi connectivity index (χ0n) is 18.0. The monoisotopic (exact) mass is 428 g/mol. The summed E-state index contributed by atoms with van der Waals surface area (Å²) in [7, 11) is 2.76. The predicted molar refractivity (Wildman–Crippen MR) is 110 cm³/mol. The molecule has 164 valence electrons. The molecule has 0 bridgehead atoms. The van der Waals surface area contributed by atoms with E-state index < -0.39 is 23.5 Å². The molecule has 1 saturated heterocycles. The van der Waals surface area contributed by atoms with Crippen molar-refractivity contribution in [2.75, 3.05) is 14.2 Å². The number of esters is 1. The Hall–Kier alpha value is -3.75. The largest absolute Gasteiger partial charge is 0.493 e. The van der Waals surface area contributed by atoms with Crippen LogP contribution in [0.4, 0.5) is 4.79 Å². The van der Waals surface area contributed by atoms with Crippen molar-refractivity contribution in [1.29, 1.82) is 0 Å². The van der Waals surface area contributed by atoms with Crippen LogP contribution in [0, 0.1) is 0 Å². The van der Waals surface area contributed by atoms with Gasteiger partial charge >= 0.3 is 12.0 Å². The summed E-state index contributed by atoms with van der Waals surface area (Å²) in [6.45, 7) is 5.66. The molecular formula is C22H24N2O7. The zero-order valence-corrected chi connectivity index (χ0v) is 18.0. The van der Waals surface area contributed by atoms with Crippen molar-refractivity contribution in [3.05, 3.63) is 53.1 Å². The number of amides is 3. The lowest BCUT2D eigenvalue weighted by atomic mass is 10.1. The number of imide groups is 1. The molecule has 9 nitrogen and oxygen atoms in total. The van der Waals surface area contributed by atoms with Gasteiger partial charge in [0.05, 0.1) is 20.8 Å². The Bertz CT molecular complexity index is 1050. The van der Waals surface area contributed by atoms with Crippen LogP contribution in [0.25, 0.3) is 6.08 Å². The summed E-state index contributed by atoms with van der Waals surface area (Å²) < 4.78 is 21.2. The van der Waals surface area contributed by atoms with Crippen LogP contribution in [0.15, 0.2) is 40.4 Å². The summed E-state index contributed by atoms with van der Waals surface area (Å²) in [4.78, 5) is 37.5. The van der Waals surface area contributed by atoms with E-state index in [0.29, 0.717) is 17.1 Å². The summed E-state index contributed by atoms with van der Waals surface area (Å²) in [5, 5.41) is 2.55. The molecule has 0 saturated carbocycles. The highest BCUT2D eigenvalue weighted by molar-refractivity contribution is 6.13. The first-order chi connectivity index (χ1) is 14.6. The second kappa shape index (κ2) is 8.55. The van der Waals surface area contributed by atoms with E-state index in [9.17, 15) is 14.4 Å². The van der Waals surface area contributed by atoms with Gasteiger partial charge in [0.2, 0.25) is 5.76 Å². The Balaban J connectivity index is 1.78. The van der Waals surface area contributed by atoms with Crippen LogP contribution in [0.2, 0.25) is 0 Å². The number of rotatable bonds is 6. The second-order valence-electron chi connectivity index (χ2n) is 7.76. The molecule has 31 heavy (non-hydrogen) atoms. The number of benzene rings is 1. The Labute approximate surface area is 179 Å². The van der Waals surface area contributed by atoms with Gasteiger partial charge in [0, 0.05) is 0 Å². The summed E-state index contributed by atoms with van der Waals surface area (Å²) in [6, 6.07) is 7.55. The van der Waals surface area contributed by atoms with Gasteiger partial charge in [-0.3, -0.25) is 9.69 Å². The van der Waals surface area contributed by atoms with Crippen LogP contribution in [-0.2, 0) is 16.1 Å². The number of furan rings is 1. The van der Waals surface area contributed by atoms with Crippen LogP contribution < -0.4 is 14.8 Å². The standard InChI is InChI=1S/C22H24N2O7/c1-22(2,3)31-16-8-6-13(11-18(16)28-4)10-15-19(25)24(21(27)23-15)12-14-7-9-17(30-14)20(26)29-5/h6-11H,12H2,1-5H3,(H,23,27). The van der Waals surface area contributed by atoms with Crippen molar-refractivity contribution in [2.45, 2.75) is 32.9 Å². The molecule has 9 heteroatoms. The van der Waals surface area contributed by atoms with Crippen LogP contribution in [0.5, 0.6) is 11.5 Å². The first kappa shape index (κ1) is 21.9. The Kier molecular flexibility index (Phi) is 6.05. The van der Waals surface area contributed by atoms with Crippen molar-refractivity contribution < 1.29 is 33.0 Å². The number of hydrogen-bond acceptors (Lipinski definition) is 7. The van der Waals surface area contributed by atoms with E-state index in [4.69, 9.17) is 13.9 Å². The quantitative estimate of drug-likeness (QED) is 0.427. The molecule has 1 aromatic carbocycles. The average Bonchev–Trinajstić information content (AvgIpc) is 3.28. The molecule has 1 fully saturated rings. The molecule has 1 aromatic heterocycles. The van der Waals surface area contributed by atoms with Crippen LogP contribution in [-0.4, -0.2) is 42.6 Å². The Morgan fingerprint density at radius 3 is 2.52 bits per heavy atom. The number of ether oxygens (including phenoxy) is 3. The maximum absolute atomic E-state index is 12.7. The topological polar surface area (TPSA) is 107 Å². The van der Waals surface area contributed by atoms with Crippen LogP contribution in [0.3, 0.4) is 0 Å². The molecule has 3 rings (SSSR count). The second-order valence-corrected chi connectivity index (χ2v) is 7.76. The highest BCUT2D eigenvalue weighted by atomic mass is 16.5. The normalized spacial score (nSPS) is 15.3. The first-order valence-electron chi connectivity index (χ1n) is 9.50. The van der Waals surface area contributed by atoms with Gasteiger partial charge in [-0.2, -0.15) is 0 Å². The number of methoxy groups -OCH3 is 2. The summed E-state index contributed by atoms with van der Waals surface area (Å²) in [6.07, 6.45) is 1.55. The van der Waals surface area contributed by atoms with E-state index in [2.05, 4.69) is 10.1 Å². The van der Waals surface area contributed by atoms with Gasteiger partial charge in [-0.1, -0.05) is 6.07 Å². The zero-order chi connectivity index (χ0) is 22.8. The number of carbonyl (C=O) groups excluding carboxylic acids is 3. The SMILES string of the molecule is COC(=O)c1ccc(CN2C(=O)NC(=Cc3ccc(OC(C)(C)C)c(OC)c3)C2=O)o1. The molecule has 0 atom stereocenters. The third-order valence-corrected chi connectivity index (χ3v) is 4.24. The first-order valence-corrected chi connectivity index (χ1v) is 9.50. The summed E-state index contributed by atoms with van der Waals surface area (Å²) >= 11 is 0.